The summed E-state index contributed by atoms with van der Waals surface area (Å²) in [5.41, 5.74) is 5.47. The minimum absolute atomic E-state index is 0.0526. The summed E-state index contributed by atoms with van der Waals surface area (Å²) in [4.78, 5) is 47.0. The molecule has 0 aromatic heterocycles. The number of carboxylic acid groups (broad SMARTS) is 1. The van der Waals surface area contributed by atoms with Gasteiger partial charge in [-0.2, -0.15) is 24.4 Å². The van der Waals surface area contributed by atoms with Crippen LogP contribution < -0.4 is 21.7 Å². The molecule has 0 aromatic carbocycles. The van der Waals surface area contributed by atoms with E-state index in [2.05, 4.69) is 28.6 Å². The topological polar surface area (TPSA) is 171 Å². The molecule has 4 unspecified atom stereocenters. The zero-order chi connectivity index (χ0) is 20.3. The highest BCUT2D eigenvalue weighted by Crippen LogP contribution is 2.01. The van der Waals surface area contributed by atoms with Crippen molar-refractivity contribution in [1.82, 2.24) is 16.0 Å². The molecule has 0 aliphatic rings. The molecule has 0 aromatic rings. The molecule has 7 N–H and O–H groups in total. The van der Waals surface area contributed by atoms with E-state index >= 15 is 0 Å². The van der Waals surface area contributed by atoms with Crippen molar-refractivity contribution in [3.63, 3.8) is 0 Å². The van der Waals surface area contributed by atoms with Gasteiger partial charge in [0.1, 0.15) is 18.1 Å². The van der Waals surface area contributed by atoms with Gasteiger partial charge in [-0.25, -0.2) is 4.79 Å². The summed E-state index contributed by atoms with van der Waals surface area (Å²) < 4.78 is 0. The Kier molecular flexibility index (Phi) is 12.1. The number of hydrogen-bond acceptors (Lipinski definition) is 8. The van der Waals surface area contributed by atoms with Gasteiger partial charge in [-0.3, -0.25) is 14.4 Å². The maximum atomic E-state index is 12.1. The van der Waals surface area contributed by atoms with Gasteiger partial charge in [0.15, 0.2) is 0 Å². The smallest absolute Gasteiger partial charge is 0.326 e. The second-order valence-corrected chi connectivity index (χ2v) is 6.79. The van der Waals surface area contributed by atoms with Crippen LogP contribution in [0.15, 0.2) is 0 Å². The van der Waals surface area contributed by atoms with E-state index in [0.29, 0.717) is 5.75 Å². The molecule has 0 aliphatic heterocycles. The molecule has 0 fully saturated rings. The average Bonchev–Trinajstić information content (AvgIpc) is 2.61. The Morgan fingerprint density at radius 1 is 1.08 bits per heavy atom. The highest BCUT2D eigenvalue weighted by molar-refractivity contribution is 7.98. The predicted molar refractivity (Wildman–Crippen MR) is 101 cm³/mol. The average molecular weight is 411 g/mol. The van der Waals surface area contributed by atoms with Crippen molar-refractivity contribution < 1.29 is 29.4 Å². The summed E-state index contributed by atoms with van der Waals surface area (Å²) in [6.45, 7) is 0.660. The SMILES string of the molecule is CSCCC(NC(=O)C(C)NC(=O)C(CO)NC(=O)C(N)CS)C(=O)O. The molecule has 10 nitrogen and oxygen atoms in total. The number of nitrogens with two attached hydrogens (primary N) is 1. The first-order valence-electron chi connectivity index (χ1n) is 7.78. The van der Waals surface area contributed by atoms with Crippen LogP contribution >= 0.6 is 24.4 Å². The number of carbonyl (C=O) groups excluding carboxylic acids is 3. The predicted octanol–water partition coefficient (Wildman–Crippen LogP) is -2.45. The zero-order valence-electron chi connectivity index (χ0n) is 14.6. The molecule has 26 heavy (non-hydrogen) atoms. The molecule has 12 heteroatoms. The standard InChI is InChI=1S/C14H26N4O6S2/c1-7(11(20)17-9(14(23)24)3-4-26-2)16-13(22)10(5-19)18-12(21)8(15)6-25/h7-10,19,25H,3-6,15H2,1-2H3,(H,16,22)(H,17,20)(H,18,21)(H,23,24). The maximum absolute atomic E-state index is 12.1. The van der Waals surface area contributed by atoms with E-state index in [-0.39, 0.29) is 12.2 Å². The van der Waals surface area contributed by atoms with Crippen molar-refractivity contribution in [3.8, 4) is 0 Å². The van der Waals surface area contributed by atoms with Crippen molar-refractivity contribution in [2.75, 3.05) is 24.4 Å². The summed E-state index contributed by atoms with van der Waals surface area (Å²) in [7, 11) is 0. The van der Waals surface area contributed by atoms with Crippen LogP contribution in [-0.2, 0) is 19.2 Å². The zero-order valence-corrected chi connectivity index (χ0v) is 16.3. The van der Waals surface area contributed by atoms with Crippen LogP contribution in [0.5, 0.6) is 0 Å². The van der Waals surface area contributed by atoms with E-state index in [1.165, 1.54) is 18.7 Å². The molecule has 0 saturated carbocycles. The molecule has 0 bridgehead atoms. The van der Waals surface area contributed by atoms with Gasteiger partial charge in [-0.15, -0.1) is 0 Å². The number of thioether (sulfide) groups is 1. The van der Waals surface area contributed by atoms with E-state index in [1.807, 2.05) is 6.26 Å². The molecular formula is C14H26N4O6S2. The van der Waals surface area contributed by atoms with E-state index in [9.17, 15) is 24.3 Å². The molecule has 0 aliphatic carbocycles. The number of aliphatic hydroxyl groups excluding tert-OH is 1. The summed E-state index contributed by atoms with van der Waals surface area (Å²) in [6, 6.07) is -4.39. The number of rotatable bonds is 12. The number of nitrogens with one attached hydrogen (secondary N) is 3. The molecule has 4 atom stereocenters. The number of aliphatic carboxylic acids is 1. The van der Waals surface area contributed by atoms with Gasteiger partial charge < -0.3 is 31.9 Å². The lowest BCUT2D eigenvalue weighted by Crippen LogP contribution is -2.57. The second-order valence-electron chi connectivity index (χ2n) is 5.44. The van der Waals surface area contributed by atoms with E-state index in [0.717, 1.165) is 0 Å². The summed E-state index contributed by atoms with van der Waals surface area (Å²) in [5, 5.41) is 25.2. The van der Waals surface area contributed by atoms with Crippen molar-refractivity contribution >= 4 is 48.1 Å². The molecule has 0 spiro atoms. The Morgan fingerprint density at radius 2 is 1.65 bits per heavy atom. The summed E-state index contributed by atoms with van der Waals surface area (Å²) >= 11 is 5.30. The van der Waals surface area contributed by atoms with Crippen molar-refractivity contribution in [2.45, 2.75) is 37.5 Å². The minimum atomic E-state index is -1.30. The Bertz CT molecular complexity index is 508. The fraction of sp³-hybridized carbons (Fsp3) is 0.714. The third-order valence-corrected chi connectivity index (χ3v) is 4.36. The van der Waals surface area contributed by atoms with Gasteiger partial charge >= 0.3 is 5.97 Å². The number of carbonyl (C=O) groups is 4. The van der Waals surface area contributed by atoms with Crippen LogP contribution in [0.1, 0.15) is 13.3 Å². The molecule has 0 heterocycles. The van der Waals surface area contributed by atoms with Crippen LogP contribution in [0.2, 0.25) is 0 Å². The lowest BCUT2D eigenvalue weighted by molar-refractivity contribution is -0.142. The largest absolute Gasteiger partial charge is 0.480 e. The van der Waals surface area contributed by atoms with Gasteiger partial charge in [-0.1, -0.05) is 0 Å². The molecule has 0 saturated heterocycles. The van der Waals surface area contributed by atoms with E-state index in [4.69, 9.17) is 10.8 Å². The van der Waals surface area contributed by atoms with Crippen LogP contribution in [-0.4, -0.2) is 82.4 Å². The van der Waals surface area contributed by atoms with E-state index < -0.39 is 54.5 Å². The van der Waals surface area contributed by atoms with Crippen LogP contribution in [0.3, 0.4) is 0 Å². The second kappa shape index (κ2) is 12.8. The summed E-state index contributed by atoms with van der Waals surface area (Å²) in [6.07, 6.45) is 2.05. The van der Waals surface area contributed by atoms with Gasteiger partial charge in [0.2, 0.25) is 17.7 Å². The highest BCUT2D eigenvalue weighted by Gasteiger charge is 2.27. The van der Waals surface area contributed by atoms with Crippen LogP contribution in [0.4, 0.5) is 0 Å². The Labute approximate surface area is 161 Å². The summed E-state index contributed by atoms with van der Waals surface area (Å²) in [5.74, 6) is -2.74. The fourth-order valence-electron chi connectivity index (χ4n) is 1.73. The van der Waals surface area contributed by atoms with Crippen molar-refractivity contribution in [3.05, 3.63) is 0 Å². The number of amides is 3. The van der Waals surface area contributed by atoms with Crippen LogP contribution in [0.25, 0.3) is 0 Å². The molecule has 3 amide bonds. The van der Waals surface area contributed by atoms with Crippen molar-refractivity contribution in [1.29, 1.82) is 0 Å². The van der Waals surface area contributed by atoms with Gasteiger partial charge in [-0.05, 0) is 25.4 Å². The third-order valence-electron chi connectivity index (χ3n) is 3.33. The number of carboxylic acids is 1. The fourth-order valence-corrected chi connectivity index (χ4v) is 2.36. The quantitative estimate of drug-likeness (QED) is 0.174. The first-order chi connectivity index (χ1) is 12.2. The molecule has 0 rings (SSSR count). The van der Waals surface area contributed by atoms with E-state index in [1.54, 1.807) is 0 Å². The molecule has 150 valence electrons. The number of hydrogen-bond donors (Lipinski definition) is 7. The Morgan fingerprint density at radius 3 is 2.12 bits per heavy atom. The van der Waals surface area contributed by atoms with Crippen molar-refractivity contribution in [2.24, 2.45) is 5.73 Å². The first-order valence-corrected chi connectivity index (χ1v) is 9.80. The third kappa shape index (κ3) is 8.74. The Hall–Kier alpha value is -1.50. The molecular weight excluding hydrogens is 384 g/mol. The van der Waals surface area contributed by atoms with Crippen LogP contribution in [0, 0.1) is 0 Å². The Balaban J connectivity index is 4.71. The van der Waals surface area contributed by atoms with Gasteiger partial charge in [0, 0.05) is 5.75 Å². The van der Waals surface area contributed by atoms with Gasteiger partial charge in [0.05, 0.1) is 12.6 Å². The number of aliphatic hydroxyl groups is 1. The lowest BCUT2D eigenvalue weighted by atomic mass is 10.2. The minimum Gasteiger partial charge on any atom is -0.480 e. The normalized spacial score (nSPS) is 15.3. The lowest BCUT2D eigenvalue weighted by Gasteiger charge is -2.22. The number of thiol groups is 1. The van der Waals surface area contributed by atoms with Gasteiger partial charge in [0.25, 0.3) is 0 Å². The first kappa shape index (κ1) is 24.5. The maximum Gasteiger partial charge on any atom is 0.326 e. The highest BCUT2D eigenvalue weighted by atomic mass is 32.2. The monoisotopic (exact) mass is 410 g/mol. The molecule has 0 radical (unpaired) electrons.